The highest BCUT2D eigenvalue weighted by Gasteiger charge is 2.11. The first-order valence-corrected chi connectivity index (χ1v) is 4.51. The van der Waals surface area contributed by atoms with Gasteiger partial charge in [0.2, 0.25) is 0 Å². The van der Waals surface area contributed by atoms with Crippen LogP contribution in [0, 0.1) is 6.92 Å². The summed E-state index contributed by atoms with van der Waals surface area (Å²) in [6.45, 7) is 1.98. The molecular weight excluding hydrogens is 176 g/mol. The molecule has 0 bridgehead atoms. The molecule has 0 aromatic carbocycles. The van der Waals surface area contributed by atoms with E-state index in [9.17, 15) is 5.11 Å². The zero-order valence-corrected chi connectivity index (χ0v) is 7.94. The summed E-state index contributed by atoms with van der Waals surface area (Å²) in [4.78, 5) is 7.09. The molecule has 0 radical (unpaired) electrons. The highest BCUT2D eigenvalue weighted by Crippen LogP contribution is 2.18. The van der Waals surface area contributed by atoms with E-state index in [1.807, 2.05) is 31.2 Å². The van der Waals surface area contributed by atoms with Gasteiger partial charge in [-0.25, -0.2) is 0 Å². The number of nitrogens with zero attached hydrogens (tertiary/aromatic N) is 1. The van der Waals surface area contributed by atoms with Crippen LogP contribution in [0.2, 0.25) is 0 Å². The molecule has 3 heteroatoms. The average Bonchev–Trinajstić information content (AvgIpc) is 2.69. The quantitative estimate of drug-likeness (QED) is 0.755. The monoisotopic (exact) mass is 188 g/mol. The summed E-state index contributed by atoms with van der Waals surface area (Å²) in [5, 5.41) is 9.91. The fourth-order valence-electron chi connectivity index (χ4n) is 1.38. The minimum absolute atomic E-state index is 0.662. The summed E-state index contributed by atoms with van der Waals surface area (Å²) in [5.74, 6) is 0. The van der Waals surface area contributed by atoms with Crippen molar-refractivity contribution in [3.8, 4) is 0 Å². The largest absolute Gasteiger partial charge is 0.381 e. The molecule has 2 heterocycles. The lowest BCUT2D eigenvalue weighted by molar-refractivity contribution is 0.211. The van der Waals surface area contributed by atoms with E-state index < -0.39 is 6.10 Å². The zero-order valence-electron chi connectivity index (χ0n) is 7.94. The van der Waals surface area contributed by atoms with E-state index in [2.05, 4.69) is 9.97 Å². The third-order valence-electron chi connectivity index (χ3n) is 2.13. The second-order valence-corrected chi connectivity index (χ2v) is 3.29. The number of aliphatic hydroxyl groups is 1. The first-order chi connectivity index (χ1) is 6.77. The molecule has 14 heavy (non-hydrogen) atoms. The highest BCUT2D eigenvalue weighted by molar-refractivity contribution is 5.23. The van der Waals surface area contributed by atoms with Gasteiger partial charge in [0.25, 0.3) is 0 Å². The van der Waals surface area contributed by atoms with Crippen LogP contribution in [0.1, 0.15) is 23.1 Å². The number of hydrogen-bond acceptors (Lipinski definition) is 2. The fraction of sp³-hybridized carbons (Fsp3) is 0.182. The Hall–Kier alpha value is -1.61. The van der Waals surface area contributed by atoms with E-state index in [0.717, 1.165) is 11.3 Å². The number of aliphatic hydroxyl groups excluding tert-OH is 1. The Balaban J connectivity index is 2.32. The second-order valence-electron chi connectivity index (χ2n) is 3.29. The van der Waals surface area contributed by atoms with Crippen LogP contribution in [0.4, 0.5) is 0 Å². The maximum absolute atomic E-state index is 9.91. The van der Waals surface area contributed by atoms with Gasteiger partial charge in [0.05, 0.1) is 11.4 Å². The normalized spacial score (nSPS) is 12.7. The number of hydrogen-bond donors (Lipinski definition) is 2. The van der Waals surface area contributed by atoms with E-state index in [1.54, 1.807) is 12.4 Å². The molecule has 0 saturated heterocycles. The number of nitrogens with one attached hydrogen (secondary N) is 1. The van der Waals surface area contributed by atoms with Gasteiger partial charge in [-0.3, -0.25) is 4.98 Å². The summed E-state index contributed by atoms with van der Waals surface area (Å²) in [6.07, 6.45) is 2.83. The minimum Gasteiger partial charge on any atom is -0.381 e. The molecule has 2 rings (SSSR count). The molecule has 3 nitrogen and oxygen atoms in total. The molecule has 0 saturated carbocycles. The van der Waals surface area contributed by atoms with Crippen LogP contribution in [0.25, 0.3) is 0 Å². The number of H-pyrrole nitrogens is 1. The molecule has 2 N–H and O–H groups in total. The first-order valence-electron chi connectivity index (χ1n) is 4.51. The van der Waals surface area contributed by atoms with E-state index >= 15 is 0 Å². The van der Waals surface area contributed by atoms with Crippen molar-refractivity contribution in [3.05, 3.63) is 53.6 Å². The maximum atomic E-state index is 9.91. The molecule has 0 fully saturated rings. The Kier molecular flexibility index (Phi) is 2.33. The van der Waals surface area contributed by atoms with Crippen molar-refractivity contribution in [2.75, 3.05) is 0 Å². The number of rotatable bonds is 2. The van der Waals surface area contributed by atoms with Crippen molar-refractivity contribution in [1.82, 2.24) is 9.97 Å². The molecule has 72 valence electrons. The van der Waals surface area contributed by atoms with Crippen molar-refractivity contribution in [3.63, 3.8) is 0 Å². The lowest BCUT2D eigenvalue weighted by Gasteiger charge is -2.08. The van der Waals surface area contributed by atoms with Gasteiger partial charge in [0, 0.05) is 12.4 Å². The van der Waals surface area contributed by atoms with Gasteiger partial charge >= 0.3 is 0 Å². The Morgan fingerprint density at radius 3 is 2.93 bits per heavy atom. The van der Waals surface area contributed by atoms with Crippen LogP contribution >= 0.6 is 0 Å². The molecule has 0 spiro atoms. The summed E-state index contributed by atoms with van der Waals surface area (Å²) in [5.41, 5.74) is 2.54. The SMILES string of the molecule is Cc1ccnc(C(O)c2ccc[nH]2)c1. The molecule has 0 aliphatic rings. The molecule has 0 aliphatic carbocycles. The Labute approximate surface area is 82.4 Å². The van der Waals surface area contributed by atoms with E-state index in [4.69, 9.17) is 0 Å². The molecule has 1 unspecified atom stereocenters. The van der Waals surface area contributed by atoms with E-state index in [0.29, 0.717) is 5.69 Å². The van der Waals surface area contributed by atoms with E-state index in [-0.39, 0.29) is 0 Å². The van der Waals surface area contributed by atoms with Crippen LogP contribution in [0.3, 0.4) is 0 Å². The molecule has 1 atom stereocenters. The third-order valence-corrected chi connectivity index (χ3v) is 2.13. The van der Waals surface area contributed by atoms with Crippen LogP contribution in [-0.2, 0) is 0 Å². The molecule has 2 aromatic rings. The van der Waals surface area contributed by atoms with Gasteiger partial charge < -0.3 is 10.1 Å². The van der Waals surface area contributed by atoms with Crippen LogP contribution in [0.15, 0.2) is 36.7 Å². The van der Waals surface area contributed by atoms with Gasteiger partial charge in [-0.2, -0.15) is 0 Å². The summed E-state index contributed by atoms with van der Waals surface area (Å²) in [7, 11) is 0. The Morgan fingerprint density at radius 2 is 2.29 bits per heavy atom. The van der Waals surface area contributed by atoms with Crippen molar-refractivity contribution in [1.29, 1.82) is 0 Å². The van der Waals surface area contributed by atoms with Crippen LogP contribution in [-0.4, -0.2) is 15.1 Å². The zero-order chi connectivity index (χ0) is 9.97. The molecule has 2 aromatic heterocycles. The van der Waals surface area contributed by atoms with Crippen LogP contribution in [0.5, 0.6) is 0 Å². The Morgan fingerprint density at radius 1 is 1.43 bits per heavy atom. The van der Waals surface area contributed by atoms with Crippen molar-refractivity contribution in [2.45, 2.75) is 13.0 Å². The average molecular weight is 188 g/mol. The minimum atomic E-state index is -0.662. The Bertz CT molecular complexity index is 409. The lowest BCUT2D eigenvalue weighted by atomic mass is 10.1. The third kappa shape index (κ3) is 1.67. The summed E-state index contributed by atoms with van der Waals surface area (Å²) >= 11 is 0. The summed E-state index contributed by atoms with van der Waals surface area (Å²) < 4.78 is 0. The topological polar surface area (TPSA) is 48.9 Å². The molecular formula is C11H12N2O. The molecule has 0 aliphatic heterocycles. The van der Waals surface area contributed by atoms with Gasteiger partial charge in [0.15, 0.2) is 0 Å². The second kappa shape index (κ2) is 3.64. The lowest BCUT2D eigenvalue weighted by Crippen LogP contribution is -2.02. The summed E-state index contributed by atoms with van der Waals surface area (Å²) in [6, 6.07) is 7.49. The number of pyridine rings is 1. The van der Waals surface area contributed by atoms with E-state index in [1.165, 1.54) is 0 Å². The predicted octanol–water partition coefficient (Wildman–Crippen LogP) is 1.80. The predicted molar refractivity (Wildman–Crippen MR) is 53.8 cm³/mol. The smallest absolute Gasteiger partial charge is 0.136 e. The fourth-order valence-corrected chi connectivity index (χ4v) is 1.38. The van der Waals surface area contributed by atoms with Crippen molar-refractivity contribution < 1.29 is 5.11 Å². The van der Waals surface area contributed by atoms with Gasteiger partial charge in [-0.05, 0) is 36.8 Å². The van der Waals surface area contributed by atoms with Gasteiger partial charge in [-0.15, -0.1) is 0 Å². The number of aromatic amines is 1. The molecule has 0 amide bonds. The van der Waals surface area contributed by atoms with Crippen molar-refractivity contribution in [2.24, 2.45) is 0 Å². The van der Waals surface area contributed by atoms with Gasteiger partial charge in [0.1, 0.15) is 6.10 Å². The number of aromatic nitrogens is 2. The van der Waals surface area contributed by atoms with Gasteiger partial charge in [-0.1, -0.05) is 0 Å². The highest BCUT2D eigenvalue weighted by atomic mass is 16.3. The van der Waals surface area contributed by atoms with Crippen molar-refractivity contribution >= 4 is 0 Å². The standard InChI is InChI=1S/C11H12N2O/c1-8-4-6-13-10(7-8)11(14)9-3-2-5-12-9/h2-7,11-12,14H,1H3. The number of aryl methyl sites for hydroxylation is 1. The first kappa shape index (κ1) is 8.97. The maximum Gasteiger partial charge on any atom is 0.136 e. The van der Waals surface area contributed by atoms with Crippen LogP contribution < -0.4 is 0 Å².